The van der Waals surface area contributed by atoms with E-state index in [1.807, 2.05) is 0 Å². The van der Waals surface area contributed by atoms with E-state index in [0.29, 0.717) is 15.6 Å². The Morgan fingerprint density at radius 2 is 1.56 bits per heavy atom. The molecule has 5 heteroatoms. The Morgan fingerprint density at radius 3 is 2.11 bits per heavy atom. The number of hydrogen-bond donors (Lipinski definition) is 1. The topological polar surface area (TPSA) is 26.0 Å². The van der Waals surface area contributed by atoms with Crippen molar-refractivity contribution >= 4 is 23.2 Å². The van der Waals surface area contributed by atoms with Crippen molar-refractivity contribution < 1.29 is 8.78 Å². The Hall–Kier alpha value is -1.16. The van der Waals surface area contributed by atoms with Crippen LogP contribution >= 0.6 is 23.2 Å². The Bertz CT molecular complexity index is 567. The molecule has 2 aromatic carbocycles. The van der Waals surface area contributed by atoms with E-state index in [4.69, 9.17) is 28.9 Å². The molecule has 2 aromatic rings. The van der Waals surface area contributed by atoms with Crippen LogP contribution < -0.4 is 5.73 Å². The van der Waals surface area contributed by atoms with Gasteiger partial charge in [0.1, 0.15) is 11.6 Å². The van der Waals surface area contributed by atoms with Gasteiger partial charge in [-0.2, -0.15) is 0 Å². The first kappa shape index (κ1) is 13.3. The van der Waals surface area contributed by atoms with Crippen LogP contribution in [0.25, 0.3) is 0 Å². The summed E-state index contributed by atoms with van der Waals surface area (Å²) in [5, 5.41) is 0.825. The van der Waals surface area contributed by atoms with Gasteiger partial charge in [0, 0.05) is 21.7 Å². The van der Waals surface area contributed by atoms with E-state index in [1.165, 1.54) is 6.07 Å². The molecule has 0 bridgehead atoms. The molecule has 0 saturated carbocycles. The molecule has 94 valence electrons. The second kappa shape index (κ2) is 5.22. The Labute approximate surface area is 113 Å². The monoisotopic (exact) mass is 287 g/mol. The number of hydrogen-bond acceptors (Lipinski definition) is 1. The van der Waals surface area contributed by atoms with Gasteiger partial charge in [-0.3, -0.25) is 0 Å². The van der Waals surface area contributed by atoms with E-state index in [9.17, 15) is 8.78 Å². The zero-order valence-electron chi connectivity index (χ0n) is 9.13. The Morgan fingerprint density at radius 1 is 0.944 bits per heavy atom. The van der Waals surface area contributed by atoms with Crippen molar-refractivity contribution in [1.29, 1.82) is 0 Å². The number of rotatable bonds is 2. The molecule has 0 amide bonds. The zero-order valence-corrected chi connectivity index (χ0v) is 10.6. The van der Waals surface area contributed by atoms with E-state index in [1.54, 1.807) is 18.2 Å². The minimum Gasteiger partial charge on any atom is -0.320 e. The summed E-state index contributed by atoms with van der Waals surface area (Å²) in [7, 11) is 0. The van der Waals surface area contributed by atoms with Gasteiger partial charge >= 0.3 is 0 Å². The lowest BCUT2D eigenvalue weighted by molar-refractivity contribution is 0.566. The van der Waals surface area contributed by atoms with Crippen molar-refractivity contribution in [3.63, 3.8) is 0 Å². The molecule has 1 unspecified atom stereocenters. The molecule has 0 saturated heterocycles. The zero-order chi connectivity index (χ0) is 13.3. The van der Waals surface area contributed by atoms with Gasteiger partial charge in [-0.15, -0.1) is 0 Å². The van der Waals surface area contributed by atoms with Crippen LogP contribution in [0.3, 0.4) is 0 Å². The lowest BCUT2D eigenvalue weighted by Crippen LogP contribution is -2.13. The second-order valence-corrected chi connectivity index (χ2v) is 4.72. The normalized spacial score (nSPS) is 12.5. The van der Waals surface area contributed by atoms with Crippen LogP contribution in [-0.2, 0) is 0 Å². The summed E-state index contributed by atoms with van der Waals surface area (Å²) in [6, 6.07) is 7.26. The summed E-state index contributed by atoms with van der Waals surface area (Å²) in [5.74, 6) is -1.34. The minimum absolute atomic E-state index is 0.190. The van der Waals surface area contributed by atoms with Crippen LogP contribution in [0.4, 0.5) is 8.78 Å². The van der Waals surface area contributed by atoms with Gasteiger partial charge in [0.2, 0.25) is 0 Å². The highest BCUT2D eigenvalue weighted by Crippen LogP contribution is 2.27. The molecule has 0 aliphatic heterocycles. The number of benzene rings is 2. The van der Waals surface area contributed by atoms with Crippen LogP contribution in [0.15, 0.2) is 36.4 Å². The third kappa shape index (κ3) is 2.80. The van der Waals surface area contributed by atoms with Gasteiger partial charge in [0.05, 0.1) is 6.04 Å². The summed E-state index contributed by atoms with van der Waals surface area (Å²) in [6.07, 6.45) is 0. The maximum atomic E-state index is 13.6. The van der Waals surface area contributed by atoms with Crippen LogP contribution in [0.2, 0.25) is 10.0 Å². The van der Waals surface area contributed by atoms with Crippen LogP contribution in [0, 0.1) is 11.6 Å². The summed E-state index contributed by atoms with van der Waals surface area (Å²) in [4.78, 5) is 0. The predicted molar refractivity (Wildman–Crippen MR) is 68.9 cm³/mol. The van der Waals surface area contributed by atoms with Crippen molar-refractivity contribution in [2.75, 3.05) is 0 Å². The minimum atomic E-state index is -0.748. The summed E-state index contributed by atoms with van der Waals surface area (Å²) in [6.45, 7) is 0. The smallest absolute Gasteiger partial charge is 0.131 e. The largest absolute Gasteiger partial charge is 0.320 e. The molecule has 0 aromatic heterocycles. The van der Waals surface area contributed by atoms with E-state index in [0.717, 1.165) is 12.1 Å². The van der Waals surface area contributed by atoms with Crippen molar-refractivity contribution in [2.45, 2.75) is 6.04 Å². The Balaban J connectivity index is 2.44. The highest BCUT2D eigenvalue weighted by Gasteiger charge is 2.15. The molecule has 0 spiro atoms. The average molecular weight is 288 g/mol. The van der Waals surface area contributed by atoms with Gasteiger partial charge in [-0.05, 0) is 29.8 Å². The van der Waals surface area contributed by atoms with Gasteiger partial charge in [-0.1, -0.05) is 29.3 Å². The third-order valence-corrected chi connectivity index (χ3v) is 2.98. The van der Waals surface area contributed by atoms with Crippen molar-refractivity contribution in [1.82, 2.24) is 0 Å². The van der Waals surface area contributed by atoms with Gasteiger partial charge in [0.25, 0.3) is 0 Å². The molecule has 1 nitrogen and oxygen atoms in total. The van der Waals surface area contributed by atoms with Crippen LogP contribution in [0.1, 0.15) is 17.2 Å². The molecule has 0 aliphatic carbocycles. The van der Waals surface area contributed by atoms with Gasteiger partial charge < -0.3 is 5.73 Å². The molecular formula is C13H9Cl2F2N. The molecule has 0 radical (unpaired) electrons. The molecule has 0 heterocycles. The first-order chi connectivity index (χ1) is 8.47. The van der Waals surface area contributed by atoms with Crippen molar-refractivity contribution in [3.05, 3.63) is 69.2 Å². The fraction of sp³-hybridized carbons (Fsp3) is 0.0769. The first-order valence-electron chi connectivity index (χ1n) is 5.14. The first-order valence-corrected chi connectivity index (χ1v) is 5.89. The SMILES string of the molecule is NC(c1cc(Cl)cc(Cl)c1)c1ccc(F)cc1F. The van der Waals surface area contributed by atoms with Crippen LogP contribution in [0.5, 0.6) is 0 Å². The maximum absolute atomic E-state index is 13.6. The van der Waals surface area contributed by atoms with E-state index >= 15 is 0 Å². The molecule has 2 N–H and O–H groups in total. The second-order valence-electron chi connectivity index (χ2n) is 3.85. The van der Waals surface area contributed by atoms with Crippen LogP contribution in [-0.4, -0.2) is 0 Å². The Kier molecular flexibility index (Phi) is 3.85. The molecule has 18 heavy (non-hydrogen) atoms. The maximum Gasteiger partial charge on any atom is 0.131 e. The number of halogens is 4. The van der Waals surface area contributed by atoms with Gasteiger partial charge in [0.15, 0.2) is 0 Å². The lowest BCUT2D eigenvalue weighted by Gasteiger charge is -2.14. The van der Waals surface area contributed by atoms with Crippen molar-refractivity contribution in [2.24, 2.45) is 5.73 Å². The highest BCUT2D eigenvalue weighted by molar-refractivity contribution is 6.34. The predicted octanol–water partition coefficient (Wildman–Crippen LogP) is 4.32. The average Bonchev–Trinajstić information content (AvgIpc) is 2.26. The summed E-state index contributed by atoms with van der Waals surface area (Å²) >= 11 is 11.7. The molecule has 2 rings (SSSR count). The molecule has 0 aliphatic rings. The molecular weight excluding hydrogens is 279 g/mol. The quantitative estimate of drug-likeness (QED) is 0.875. The fourth-order valence-electron chi connectivity index (χ4n) is 1.69. The third-order valence-electron chi connectivity index (χ3n) is 2.54. The van der Waals surface area contributed by atoms with E-state index in [-0.39, 0.29) is 5.56 Å². The number of nitrogens with two attached hydrogens (primary N) is 1. The standard InChI is InChI=1S/C13H9Cl2F2N/c14-8-3-7(4-9(15)5-8)13(18)11-2-1-10(16)6-12(11)17/h1-6,13H,18H2. The highest BCUT2D eigenvalue weighted by atomic mass is 35.5. The van der Waals surface area contributed by atoms with Gasteiger partial charge in [-0.25, -0.2) is 8.78 Å². The molecule has 0 fully saturated rings. The fourth-order valence-corrected chi connectivity index (χ4v) is 2.23. The lowest BCUT2D eigenvalue weighted by atomic mass is 9.99. The van der Waals surface area contributed by atoms with E-state index in [2.05, 4.69) is 0 Å². The van der Waals surface area contributed by atoms with Crippen molar-refractivity contribution in [3.8, 4) is 0 Å². The summed E-state index contributed by atoms with van der Waals surface area (Å²) < 4.78 is 26.4. The summed E-state index contributed by atoms with van der Waals surface area (Å²) in [5.41, 5.74) is 6.68. The van der Waals surface area contributed by atoms with E-state index < -0.39 is 17.7 Å². The molecule has 1 atom stereocenters.